The molecule has 198 valence electrons. The van der Waals surface area contributed by atoms with Gasteiger partial charge in [0.2, 0.25) is 23.6 Å². The van der Waals surface area contributed by atoms with Gasteiger partial charge in [0.1, 0.15) is 6.33 Å². The average molecular weight is 528 g/mol. The van der Waals surface area contributed by atoms with E-state index in [2.05, 4.69) is 25.6 Å². The molecule has 0 fully saturated rings. The number of hydrogen-bond donors (Lipinski definition) is 2. The van der Waals surface area contributed by atoms with Crippen LogP contribution < -0.4 is 24.8 Å². The predicted molar refractivity (Wildman–Crippen MR) is 145 cm³/mol. The summed E-state index contributed by atoms with van der Waals surface area (Å²) < 4.78 is 22.9. The predicted octanol–water partition coefficient (Wildman–Crippen LogP) is 4.51. The van der Waals surface area contributed by atoms with Crippen molar-refractivity contribution in [3.05, 3.63) is 72.6 Å². The first-order valence-corrected chi connectivity index (χ1v) is 11.7. The molecular weight excluding hydrogens is 502 g/mol. The maximum atomic E-state index is 12.0. The lowest BCUT2D eigenvalue weighted by atomic mass is 10.2. The molecule has 0 amide bonds. The van der Waals surface area contributed by atoms with E-state index in [9.17, 15) is 4.79 Å². The van der Waals surface area contributed by atoms with E-state index >= 15 is 0 Å². The number of carbonyl (C=O) groups is 1. The molecule has 3 aromatic carbocycles. The zero-order valence-electron chi connectivity index (χ0n) is 21.6. The van der Waals surface area contributed by atoms with Gasteiger partial charge in [-0.25, -0.2) is 24.3 Å². The molecule has 2 aromatic heterocycles. The van der Waals surface area contributed by atoms with Crippen molar-refractivity contribution >= 4 is 40.3 Å². The summed E-state index contributed by atoms with van der Waals surface area (Å²) in [5.41, 5.74) is 3.16. The zero-order chi connectivity index (χ0) is 27.4. The number of methoxy groups -OCH3 is 4. The highest BCUT2D eigenvalue weighted by atomic mass is 16.5. The average Bonchev–Trinajstić information content (AvgIpc) is 3.34. The van der Waals surface area contributed by atoms with Gasteiger partial charge < -0.3 is 29.6 Å². The van der Waals surface area contributed by atoms with Gasteiger partial charge in [-0.3, -0.25) is 0 Å². The van der Waals surface area contributed by atoms with E-state index in [1.165, 1.54) is 13.4 Å². The molecule has 5 aromatic rings. The van der Waals surface area contributed by atoms with E-state index in [1.807, 2.05) is 30.3 Å². The second kappa shape index (κ2) is 10.9. The van der Waals surface area contributed by atoms with Gasteiger partial charge >= 0.3 is 5.97 Å². The third kappa shape index (κ3) is 5.07. The van der Waals surface area contributed by atoms with Gasteiger partial charge in [-0.1, -0.05) is 18.2 Å². The second-order valence-electron chi connectivity index (χ2n) is 8.11. The highest BCUT2D eigenvalue weighted by molar-refractivity contribution is 5.91. The van der Waals surface area contributed by atoms with Gasteiger partial charge in [0.05, 0.1) is 45.0 Å². The van der Waals surface area contributed by atoms with Gasteiger partial charge in [-0.15, -0.1) is 0 Å². The summed E-state index contributed by atoms with van der Waals surface area (Å²) in [7, 11) is 5.97. The summed E-state index contributed by atoms with van der Waals surface area (Å²) in [5.74, 6) is 2.05. The minimum absolute atomic E-state index is 0.283. The molecule has 0 unspecified atom stereocenters. The smallest absolute Gasteiger partial charge is 0.337 e. The molecule has 0 radical (unpaired) electrons. The van der Waals surface area contributed by atoms with Crippen LogP contribution in [0.25, 0.3) is 17.0 Å². The van der Waals surface area contributed by atoms with Gasteiger partial charge in [-0.05, 0) is 30.3 Å². The molecule has 2 heterocycles. The quantitative estimate of drug-likeness (QED) is 0.262. The number of imidazole rings is 1. The van der Waals surface area contributed by atoms with E-state index < -0.39 is 5.97 Å². The molecule has 0 saturated heterocycles. The number of anilines is 4. The number of ether oxygens (including phenoxy) is 4. The Labute approximate surface area is 223 Å². The molecule has 0 aliphatic rings. The van der Waals surface area contributed by atoms with Crippen molar-refractivity contribution in [3.8, 4) is 23.2 Å². The Morgan fingerprint density at radius 2 is 1.56 bits per heavy atom. The maximum absolute atomic E-state index is 12.0. The Kier molecular flexibility index (Phi) is 7.08. The first-order chi connectivity index (χ1) is 19.0. The molecule has 12 nitrogen and oxygen atoms in total. The van der Waals surface area contributed by atoms with E-state index in [4.69, 9.17) is 23.9 Å². The molecule has 0 aliphatic heterocycles. The molecule has 0 saturated carbocycles. The molecule has 5 rings (SSSR count). The largest absolute Gasteiger partial charge is 0.493 e. The fourth-order valence-corrected chi connectivity index (χ4v) is 4.02. The van der Waals surface area contributed by atoms with Crippen LogP contribution in [-0.2, 0) is 4.74 Å². The fraction of sp³-hybridized carbons (Fsp3) is 0.148. The lowest BCUT2D eigenvalue weighted by Gasteiger charge is -2.15. The minimum atomic E-state index is -0.438. The van der Waals surface area contributed by atoms with Crippen molar-refractivity contribution in [2.24, 2.45) is 0 Å². The van der Waals surface area contributed by atoms with Crippen LogP contribution in [0.5, 0.6) is 17.2 Å². The zero-order valence-corrected chi connectivity index (χ0v) is 21.6. The highest BCUT2D eigenvalue weighted by Gasteiger charge is 2.18. The summed E-state index contributed by atoms with van der Waals surface area (Å²) >= 11 is 0. The number of nitrogens with one attached hydrogen (secondary N) is 2. The molecule has 0 bridgehead atoms. The molecule has 2 N–H and O–H groups in total. The molecule has 39 heavy (non-hydrogen) atoms. The molecule has 0 atom stereocenters. The van der Waals surface area contributed by atoms with Crippen LogP contribution in [0.15, 0.2) is 67.0 Å². The third-order valence-electron chi connectivity index (χ3n) is 5.78. The fourth-order valence-electron chi connectivity index (χ4n) is 4.02. The first-order valence-electron chi connectivity index (χ1n) is 11.7. The molecule has 12 heteroatoms. The van der Waals surface area contributed by atoms with Crippen LogP contribution in [0.2, 0.25) is 0 Å². The summed E-state index contributed by atoms with van der Waals surface area (Å²) in [6, 6.07) is 18.0. The number of fused-ring (bicyclic) bond motifs is 1. The van der Waals surface area contributed by atoms with Gasteiger partial charge in [0.15, 0.2) is 11.5 Å². The summed E-state index contributed by atoms with van der Waals surface area (Å²) in [4.78, 5) is 30.1. The Hall–Kier alpha value is -5.39. The van der Waals surface area contributed by atoms with Gasteiger partial charge in [0, 0.05) is 23.5 Å². The van der Waals surface area contributed by atoms with Gasteiger partial charge in [-0.2, -0.15) is 4.98 Å². The molecule has 0 aliphatic carbocycles. The van der Waals surface area contributed by atoms with Crippen molar-refractivity contribution in [1.29, 1.82) is 0 Å². The maximum Gasteiger partial charge on any atom is 0.337 e. The van der Waals surface area contributed by atoms with E-state index in [0.717, 1.165) is 11.0 Å². The standard InChI is InChI=1S/C27H25N7O5/c1-36-21-13-18(14-22(37-2)23(21)38-3)30-25-28-15-29-26(33-25)34-20-11-6-5-10-19(20)32-27(34)31-17-9-7-8-16(12-17)24(35)39-4/h5-15H,1-4H3,(H,31,32)(H,28,29,30,33). The van der Waals surface area contributed by atoms with Crippen LogP contribution >= 0.6 is 0 Å². The molecule has 0 spiro atoms. The van der Waals surface area contributed by atoms with E-state index in [0.29, 0.717) is 46.1 Å². The third-order valence-corrected chi connectivity index (χ3v) is 5.78. The van der Waals surface area contributed by atoms with Crippen molar-refractivity contribution in [2.45, 2.75) is 0 Å². The highest BCUT2D eigenvalue weighted by Crippen LogP contribution is 2.40. The summed E-state index contributed by atoms with van der Waals surface area (Å²) in [6.45, 7) is 0. The van der Waals surface area contributed by atoms with Crippen LogP contribution in [0.1, 0.15) is 10.4 Å². The number of esters is 1. The minimum Gasteiger partial charge on any atom is -0.493 e. The topological polar surface area (TPSA) is 135 Å². The lowest BCUT2D eigenvalue weighted by Crippen LogP contribution is -2.09. The number of para-hydroxylation sites is 2. The van der Waals surface area contributed by atoms with E-state index in [-0.39, 0.29) is 5.95 Å². The molecular formula is C27H25N7O5. The summed E-state index contributed by atoms with van der Waals surface area (Å²) in [5, 5.41) is 6.44. The monoisotopic (exact) mass is 527 g/mol. The number of carbonyl (C=O) groups excluding carboxylic acids is 1. The second-order valence-corrected chi connectivity index (χ2v) is 8.11. The van der Waals surface area contributed by atoms with E-state index in [1.54, 1.807) is 56.2 Å². The van der Waals surface area contributed by atoms with Gasteiger partial charge in [0.25, 0.3) is 0 Å². The summed E-state index contributed by atoms with van der Waals surface area (Å²) in [6.07, 6.45) is 1.40. The first kappa shape index (κ1) is 25.3. The lowest BCUT2D eigenvalue weighted by molar-refractivity contribution is 0.0600. The Morgan fingerprint density at radius 3 is 2.28 bits per heavy atom. The number of hydrogen-bond acceptors (Lipinski definition) is 11. The number of nitrogens with zero attached hydrogens (tertiary/aromatic N) is 5. The Balaban J connectivity index is 1.54. The van der Waals surface area contributed by atoms with Crippen molar-refractivity contribution in [1.82, 2.24) is 24.5 Å². The Bertz CT molecular complexity index is 1630. The van der Waals surface area contributed by atoms with Crippen LogP contribution in [-0.4, -0.2) is 58.9 Å². The van der Waals surface area contributed by atoms with Crippen molar-refractivity contribution in [2.75, 3.05) is 39.1 Å². The van der Waals surface area contributed by atoms with Crippen LogP contribution in [0, 0.1) is 0 Å². The SMILES string of the molecule is COC(=O)c1cccc(Nc2nc3ccccc3n2-c2ncnc(Nc3cc(OC)c(OC)c(OC)c3)n2)c1. The number of rotatable bonds is 9. The van der Waals surface area contributed by atoms with Crippen molar-refractivity contribution in [3.63, 3.8) is 0 Å². The normalized spacial score (nSPS) is 10.7. The number of benzene rings is 3. The number of aromatic nitrogens is 5. The van der Waals surface area contributed by atoms with Crippen molar-refractivity contribution < 1.29 is 23.7 Å². The Morgan fingerprint density at radius 1 is 0.795 bits per heavy atom. The van der Waals surface area contributed by atoms with Crippen LogP contribution in [0.3, 0.4) is 0 Å². The van der Waals surface area contributed by atoms with Crippen LogP contribution in [0.4, 0.5) is 23.3 Å².